The number of carbonyl (C=O) groups is 1. The highest BCUT2D eigenvalue weighted by atomic mass is 32.2. The summed E-state index contributed by atoms with van der Waals surface area (Å²) >= 11 is 1.61. The van der Waals surface area contributed by atoms with Crippen LogP contribution in [0.4, 0.5) is 0 Å². The SMILES string of the molecule is Cc1ccc(S(=O)(=O)O)cc1.N#CCNC(=O)C(N)CSCc1ccccc1. The Morgan fingerprint density at radius 1 is 1.21 bits per heavy atom. The highest BCUT2D eigenvalue weighted by Crippen LogP contribution is 2.12. The van der Waals surface area contributed by atoms with Crippen LogP contribution in [-0.2, 0) is 20.7 Å². The molecule has 150 valence electrons. The summed E-state index contributed by atoms with van der Waals surface area (Å²) in [6, 6.07) is 17.3. The van der Waals surface area contributed by atoms with E-state index in [9.17, 15) is 13.2 Å². The number of nitrogens with two attached hydrogens (primary N) is 1. The molecule has 0 bridgehead atoms. The Labute approximate surface area is 169 Å². The first-order valence-electron chi connectivity index (χ1n) is 8.30. The fourth-order valence-corrected chi connectivity index (χ4v) is 3.35. The molecule has 0 spiro atoms. The minimum atomic E-state index is -4.02. The topological polar surface area (TPSA) is 133 Å². The van der Waals surface area contributed by atoms with Gasteiger partial charge < -0.3 is 11.1 Å². The lowest BCUT2D eigenvalue weighted by atomic mass is 10.2. The van der Waals surface area contributed by atoms with E-state index in [1.807, 2.05) is 43.3 Å². The maximum Gasteiger partial charge on any atom is 0.294 e. The number of nitrogens with zero attached hydrogens (tertiary/aromatic N) is 1. The van der Waals surface area contributed by atoms with Gasteiger partial charge in [0.2, 0.25) is 5.91 Å². The Morgan fingerprint density at radius 2 is 1.82 bits per heavy atom. The van der Waals surface area contributed by atoms with Gasteiger partial charge in [0.1, 0.15) is 6.54 Å². The zero-order valence-corrected chi connectivity index (χ0v) is 17.0. The number of nitrogens with one attached hydrogen (secondary N) is 1. The van der Waals surface area contributed by atoms with Gasteiger partial charge >= 0.3 is 0 Å². The number of benzene rings is 2. The summed E-state index contributed by atoms with van der Waals surface area (Å²) in [5, 5.41) is 10.8. The summed E-state index contributed by atoms with van der Waals surface area (Å²) in [6.45, 7) is 1.85. The van der Waals surface area contributed by atoms with Gasteiger partial charge in [-0.2, -0.15) is 25.4 Å². The number of hydrogen-bond acceptors (Lipinski definition) is 6. The maximum absolute atomic E-state index is 11.3. The monoisotopic (exact) mass is 421 g/mol. The molecule has 0 saturated carbocycles. The van der Waals surface area contributed by atoms with Crippen LogP contribution in [0.1, 0.15) is 11.1 Å². The third-order valence-electron chi connectivity index (χ3n) is 3.41. The van der Waals surface area contributed by atoms with Gasteiger partial charge in [0, 0.05) is 11.5 Å². The second kappa shape index (κ2) is 12.2. The second-order valence-electron chi connectivity index (χ2n) is 5.77. The van der Waals surface area contributed by atoms with Crippen molar-refractivity contribution in [3.05, 3.63) is 65.7 Å². The predicted molar refractivity (Wildman–Crippen MR) is 110 cm³/mol. The molecule has 0 heterocycles. The molecule has 0 aromatic heterocycles. The fourth-order valence-electron chi connectivity index (χ4n) is 1.92. The number of thioether (sulfide) groups is 1. The lowest BCUT2D eigenvalue weighted by Gasteiger charge is -2.10. The zero-order chi connectivity index (χ0) is 21.0. The van der Waals surface area contributed by atoms with Crippen molar-refractivity contribution < 1.29 is 17.8 Å². The van der Waals surface area contributed by atoms with E-state index >= 15 is 0 Å². The molecule has 1 amide bonds. The van der Waals surface area contributed by atoms with Gasteiger partial charge in [-0.25, -0.2) is 0 Å². The maximum atomic E-state index is 11.3. The summed E-state index contributed by atoms with van der Waals surface area (Å²) in [6.07, 6.45) is 0. The first-order chi connectivity index (χ1) is 13.2. The van der Waals surface area contributed by atoms with E-state index in [-0.39, 0.29) is 17.3 Å². The molecule has 1 atom stereocenters. The average molecular weight is 422 g/mol. The Morgan fingerprint density at radius 3 is 2.36 bits per heavy atom. The second-order valence-corrected chi connectivity index (χ2v) is 8.22. The molecule has 0 fully saturated rings. The van der Waals surface area contributed by atoms with Crippen LogP contribution in [0.3, 0.4) is 0 Å². The first-order valence-corrected chi connectivity index (χ1v) is 10.9. The van der Waals surface area contributed by atoms with Crippen LogP contribution >= 0.6 is 11.8 Å². The van der Waals surface area contributed by atoms with Crippen molar-refractivity contribution in [3.63, 3.8) is 0 Å². The van der Waals surface area contributed by atoms with Gasteiger partial charge in [-0.05, 0) is 24.6 Å². The smallest absolute Gasteiger partial charge is 0.294 e. The molecule has 1 unspecified atom stereocenters. The molecule has 28 heavy (non-hydrogen) atoms. The van der Waals surface area contributed by atoms with E-state index in [4.69, 9.17) is 15.5 Å². The van der Waals surface area contributed by atoms with E-state index < -0.39 is 16.2 Å². The van der Waals surface area contributed by atoms with Crippen LogP contribution in [0, 0.1) is 18.3 Å². The average Bonchev–Trinajstić information content (AvgIpc) is 2.67. The lowest BCUT2D eigenvalue weighted by Crippen LogP contribution is -2.42. The van der Waals surface area contributed by atoms with Crippen molar-refractivity contribution in [2.45, 2.75) is 23.6 Å². The number of rotatable bonds is 7. The van der Waals surface area contributed by atoms with Crippen molar-refractivity contribution in [2.24, 2.45) is 5.73 Å². The third-order valence-corrected chi connectivity index (χ3v) is 5.41. The van der Waals surface area contributed by atoms with Gasteiger partial charge in [-0.1, -0.05) is 48.0 Å². The minimum Gasteiger partial charge on any atom is -0.342 e. The first kappa shape index (κ1) is 23.7. The Kier molecular flexibility index (Phi) is 10.3. The van der Waals surface area contributed by atoms with Crippen molar-refractivity contribution in [2.75, 3.05) is 12.3 Å². The van der Waals surface area contributed by atoms with Crippen molar-refractivity contribution in [1.82, 2.24) is 5.32 Å². The van der Waals surface area contributed by atoms with Gasteiger partial charge in [0.05, 0.1) is 17.0 Å². The normalized spacial score (nSPS) is 11.5. The summed E-state index contributed by atoms with van der Waals surface area (Å²) in [5.74, 6) is 1.11. The molecule has 0 saturated heterocycles. The highest BCUT2D eigenvalue weighted by Gasteiger charge is 2.12. The van der Waals surface area contributed by atoms with Crippen LogP contribution in [0.5, 0.6) is 0 Å². The number of carbonyl (C=O) groups excluding carboxylic acids is 1. The zero-order valence-electron chi connectivity index (χ0n) is 15.4. The van der Waals surface area contributed by atoms with Crippen LogP contribution in [0.15, 0.2) is 59.5 Å². The van der Waals surface area contributed by atoms with E-state index in [0.717, 1.165) is 11.3 Å². The molecular weight excluding hydrogens is 398 g/mol. The largest absolute Gasteiger partial charge is 0.342 e. The molecule has 0 aliphatic heterocycles. The van der Waals surface area contributed by atoms with Crippen LogP contribution < -0.4 is 11.1 Å². The lowest BCUT2D eigenvalue weighted by molar-refractivity contribution is -0.121. The van der Waals surface area contributed by atoms with Crippen LogP contribution in [0.25, 0.3) is 0 Å². The van der Waals surface area contributed by atoms with Crippen molar-refractivity contribution in [3.8, 4) is 6.07 Å². The standard InChI is InChI=1S/C12H15N3OS.C7H8O3S/c13-6-7-15-12(16)11(14)9-17-8-10-4-2-1-3-5-10;1-6-2-4-7(5-3-6)11(8,9)10/h1-5,11H,7-9,14H2,(H,15,16);2-5H,1H3,(H,8,9,10). The highest BCUT2D eigenvalue weighted by molar-refractivity contribution is 7.98. The van der Waals surface area contributed by atoms with E-state index in [1.54, 1.807) is 23.9 Å². The van der Waals surface area contributed by atoms with Gasteiger partial charge in [0.15, 0.2) is 0 Å². The van der Waals surface area contributed by atoms with Gasteiger partial charge in [-0.3, -0.25) is 9.35 Å². The third kappa shape index (κ3) is 9.53. The van der Waals surface area contributed by atoms with Crippen molar-refractivity contribution >= 4 is 27.8 Å². The molecular formula is C19H23N3O4S2. The summed E-state index contributed by atoms with van der Waals surface area (Å²) in [5.41, 5.74) is 7.85. The summed E-state index contributed by atoms with van der Waals surface area (Å²) in [4.78, 5) is 11.3. The van der Waals surface area contributed by atoms with E-state index in [0.29, 0.717) is 5.75 Å². The summed E-state index contributed by atoms with van der Waals surface area (Å²) < 4.78 is 29.6. The van der Waals surface area contributed by atoms with E-state index in [2.05, 4.69) is 5.32 Å². The molecule has 4 N–H and O–H groups in total. The molecule has 2 rings (SSSR count). The number of nitriles is 1. The van der Waals surface area contributed by atoms with E-state index in [1.165, 1.54) is 17.7 Å². The molecule has 2 aromatic rings. The molecule has 0 radical (unpaired) electrons. The van der Waals surface area contributed by atoms with Gasteiger partial charge in [-0.15, -0.1) is 0 Å². The summed E-state index contributed by atoms with van der Waals surface area (Å²) in [7, 11) is -4.02. The molecule has 9 heteroatoms. The molecule has 0 aliphatic rings. The number of hydrogen-bond donors (Lipinski definition) is 3. The number of amides is 1. The Hall–Kier alpha value is -2.38. The molecule has 0 aliphatic carbocycles. The van der Waals surface area contributed by atoms with Crippen molar-refractivity contribution in [1.29, 1.82) is 5.26 Å². The quantitative estimate of drug-likeness (QED) is 0.460. The van der Waals surface area contributed by atoms with Gasteiger partial charge in [0.25, 0.3) is 10.1 Å². The molecule has 7 nitrogen and oxygen atoms in total. The Balaban J connectivity index is 0.000000307. The number of aryl methyl sites for hydroxylation is 1. The van der Waals surface area contributed by atoms with Crippen LogP contribution in [0.2, 0.25) is 0 Å². The minimum absolute atomic E-state index is 0.00981. The predicted octanol–water partition coefficient (Wildman–Crippen LogP) is 2.13. The Bertz CT molecular complexity index is 880. The fraction of sp³-hybridized carbons (Fsp3) is 0.263. The molecule has 2 aromatic carbocycles. The van der Waals surface area contributed by atoms with Crippen LogP contribution in [-0.4, -0.2) is 37.2 Å².